The molecule has 0 fully saturated rings. The molecule has 1 atom stereocenters. The molecule has 1 amide bonds. The number of rotatable bonds is 7. The minimum atomic E-state index is -0.105. The number of amides is 1. The molecule has 1 aromatic rings. The number of nitrogens with one attached hydrogen (secondary N) is 2. The second kappa shape index (κ2) is 7.23. The van der Waals surface area contributed by atoms with E-state index >= 15 is 0 Å². The van der Waals surface area contributed by atoms with E-state index in [9.17, 15) is 4.79 Å². The molecule has 0 aromatic carbocycles. The Morgan fingerprint density at radius 1 is 1.61 bits per heavy atom. The second-order valence-electron chi connectivity index (χ2n) is 4.15. The van der Waals surface area contributed by atoms with Crippen LogP contribution in [0, 0.1) is 0 Å². The average molecular weight is 271 g/mol. The highest BCUT2D eigenvalue weighted by Crippen LogP contribution is 2.29. The van der Waals surface area contributed by atoms with Crippen molar-refractivity contribution >= 4 is 27.9 Å². The van der Waals surface area contributed by atoms with E-state index in [1.165, 1.54) is 11.3 Å². The van der Waals surface area contributed by atoms with Crippen LogP contribution in [0.3, 0.4) is 0 Å². The van der Waals surface area contributed by atoms with Crippen molar-refractivity contribution in [1.29, 1.82) is 0 Å². The highest BCUT2D eigenvalue weighted by Gasteiger charge is 2.14. The highest BCUT2D eigenvalue weighted by molar-refractivity contribution is 7.18. The maximum atomic E-state index is 11.8. The summed E-state index contributed by atoms with van der Waals surface area (Å²) in [5.74, 6) is -0.105. The van der Waals surface area contributed by atoms with Crippen LogP contribution in [0.1, 0.15) is 29.9 Å². The molecule has 5 nitrogen and oxygen atoms in total. The van der Waals surface area contributed by atoms with Crippen LogP contribution < -0.4 is 16.4 Å². The van der Waals surface area contributed by atoms with E-state index in [1.54, 1.807) is 13.2 Å². The third kappa shape index (κ3) is 4.19. The molecule has 1 aromatic heterocycles. The normalized spacial score (nSPS) is 12.2. The van der Waals surface area contributed by atoms with Gasteiger partial charge in [-0.15, -0.1) is 11.3 Å². The highest BCUT2D eigenvalue weighted by atomic mass is 32.1. The molecule has 0 aliphatic heterocycles. The number of carbonyl (C=O) groups excluding carboxylic acids is 1. The van der Waals surface area contributed by atoms with E-state index in [4.69, 9.17) is 10.5 Å². The van der Waals surface area contributed by atoms with Crippen LogP contribution in [0.2, 0.25) is 0 Å². The first-order chi connectivity index (χ1) is 8.58. The number of carbonyl (C=O) groups is 1. The average Bonchev–Trinajstić information content (AvgIpc) is 2.67. The summed E-state index contributed by atoms with van der Waals surface area (Å²) < 4.78 is 5.05. The quantitative estimate of drug-likeness (QED) is 0.708. The summed E-state index contributed by atoms with van der Waals surface area (Å²) in [4.78, 5) is 12.4. The Morgan fingerprint density at radius 3 is 2.94 bits per heavy atom. The van der Waals surface area contributed by atoms with E-state index < -0.39 is 0 Å². The van der Waals surface area contributed by atoms with E-state index in [1.807, 2.05) is 13.8 Å². The molecule has 0 aliphatic rings. The molecule has 4 N–H and O–H groups in total. The number of hydrogen-bond acceptors (Lipinski definition) is 5. The van der Waals surface area contributed by atoms with Gasteiger partial charge < -0.3 is 21.1 Å². The Kier molecular flexibility index (Phi) is 5.94. The first-order valence-corrected chi connectivity index (χ1v) is 6.83. The van der Waals surface area contributed by atoms with Gasteiger partial charge in [-0.2, -0.15) is 0 Å². The van der Waals surface area contributed by atoms with Gasteiger partial charge in [0.15, 0.2) is 0 Å². The zero-order chi connectivity index (χ0) is 13.5. The lowest BCUT2D eigenvalue weighted by molar-refractivity contribution is 0.0958. The summed E-state index contributed by atoms with van der Waals surface area (Å²) in [6.45, 7) is 5.29. The maximum absolute atomic E-state index is 11.8. The molecule has 0 aliphatic carbocycles. The molecule has 18 heavy (non-hydrogen) atoms. The molecule has 0 spiro atoms. The lowest BCUT2D eigenvalue weighted by Crippen LogP contribution is -2.23. The van der Waals surface area contributed by atoms with Crippen LogP contribution in [0.5, 0.6) is 0 Å². The van der Waals surface area contributed by atoms with Crippen molar-refractivity contribution in [2.75, 3.05) is 31.3 Å². The van der Waals surface area contributed by atoms with E-state index in [0.717, 1.165) is 11.4 Å². The first kappa shape index (κ1) is 14.8. The summed E-state index contributed by atoms with van der Waals surface area (Å²) >= 11 is 1.37. The van der Waals surface area contributed by atoms with Crippen molar-refractivity contribution < 1.29 is 9.53 Å². The molecule has 1 rings (SSSR count). The van der Waals surface area contributed by atoms with Crippen molar-refractivity contribution in [2.45, 2.75) is 26.3 Å². The largest absolute Gasteiger partial charge is 0.397 e. The summed E-state index contributed by atoms with van der Waals surface area (Å²) in [5.41, 5.74) is 6.36. The molecular formula is C12H21N3O2S. The van der Waals surface area contributed by atoms with Gasteiger partial charge in [0.05, 0.1) is 17.3 Å². The molecule has 0 bridgehead atoms. The smallest absolute Gasteiger partial charge is 0.263 e. The van der Waals surface area contributed by atoms with Gasteiger partial charge in [0.1, 0.15) is 4.88 Å². The number of thiophene rings is 1. The van der Waals surface area contributed by atoms with Crippen LogP contribution in [-0.2, 0) is 4.74 Å². The predicted molar refractivity (Wildman–Crippen MR) is 76.3 cm³/mol. The van der Waals surface area contributed by atoms with E-state index in [-0.39, 0.29) is 11.9 Å². The fraction of sp³-hybridized carbons (Fsp3) is 0.583. The Labute approximate surface area is 112 Å². The summed E-state index contributed by atoms with van der Waals surface area (Å²) in [5, 5.41) is 6.96. The van der Waals surface area contributed by atoms with Crippen LogP contribution in [0.15, 0.2) is 6.07 Å². The number of nitrogens with two attached hydrogens (primary N) is 1. The zero-order valence-electron chi connectivity index (χ0n) is 11.1. The Balaban J connectivity index is 2.66. The molecule has 102 valence electrons. The predicted octanol–water partition coefficient (Wildman–Crippen LogP) is 1.92. The van der Waals surface area contributed by atoms with Crippen LogP contribution in [0.4, 0.5) is 10.7 Å². The Morgan fingerprint density at radius 2 is 2.33 bits per heavy atom. The van der Waals surface area contributed by atoms with E-state index in [2.05, 4.69) is 10.6 Å². The Bertz CT molecular complexity index is 393. The van der Waals surface area contributed by atoms with Gasteiger partial charge in [0.25, 0.3) is 5.91 Å². The van der Waals surface area contributed by atoms with Gasteiger partial charge in [-0.3, -0.25) is 4.79 Å². The molecule has 1 heterocycles. The number of nitrogen functional groups attached to an aromatic ring is 1. The van der Waals surface area contributed by atoms with Gasteiger partial charge in [0, 0.05) is 19.7 Å². The van der Waals surface area contributed by atoms with Crippen LogP contribution >= 0.6 is 11.3 Å². The minimum absolute atomic E-state index is 0.105. The third-order valence-corrected chi connectivity index (χ3v) is 3.39. The fourth-order valence-electron chi connectivity index (χ4n) is 1.51. The number of hydrogen-bond donors (Lipinski definition) is 3. The van der Waals surface area contributed by atoms with Crippen molar-refractivity contribution in [3.05, 3.63) is 10.9 Å². The van der Waals surface area contributed by atoms with Crippen molar-refractivity contribution in [1.82, 2.24) is 5.32 Å². The standard InChI is InChI=1S/C12H21N3O2S/c1-4-5-14-12(16)11-9(13)6-10(18-11)15-8(2)7-17-3/h6,8,15H,4-5,7,13H2,1-3H3,(H,14,16). The number of methoxy groups -OCH3 is 1. The van der Waals surface area contributed by atoms with Gasteiger partial charge in [-0.05, 0) is 19.4 Å². The lowest BCUT2D eigenvalue weighted by Gasteiger charge is -2.11. The SMILES string of the molecule is CCCNC(=O)c1sc(NC(C)COC)cc1N. The molecule has 1 unspecified atom stereocenters. The Hall–Kier alpha value is -1.27. The molecule has 6 heteroatoms. The first-order valence-electron chi connectivity index (χ1n) is 6.01. The maximum Gasteiger partial charge on any atom is 0.263 e. The lowest BCUT2D eigenvalue weighted by atomic mass is 10.3. The van der Waals surface area contributed by atoms with Gasteiger partial charge in [-0.25, -0.2) is 0 Å². The van der Waals surface area contributed by atoms with Crippen molar-refractivity contribution in [3.8, 4) is 0 Å². The van der Waals surface area contributed by atoms with Gasteiger partial charge >= 0.3 is 0 Å². The molecule has 0 saturated heterocycles. The number of anilines is 2. The topological polar surface area (TPSA) is 76.4 Å². The summed E-state index contributed by atoms with van der Waals surface area (Å²) in [6.07, 6.45) is 0.910. The second-order valence-corrected chi connectivity index (χ2v) is 5.20. The summed E-state index contributed by atoms with van der Waals surface area (Å²) in [7, 11) is 1.66. The minimum Gasteiger partial charge on any atom is -0.397 e. The monoisotopic (exact) mass is 271 g/mol. The van der Waals surface area contributed by atoms with Crippen molar-refractivity contribution in [3.63, 3.8) is 0 Å². The number of ether oxygens (including phenoxy) is 1. The third-order valence-electron chi connectivity index (χ3n) is 2.31. The molecular weight excluding hydrogens is 250 g/mol. The van der Waals surface area contributed by atoms with Gasteiger partial charge in [0.2, 0.25) is 0 Å². The fourth-order valence-corrected chi connectivity index (χ4v) is 2.51. The van der Waals surface area contributed by atoms with Crippen LogP contribution in [0.25, 0.3) is 0 Å². The molecule has 0 saturated carbocycles. The summed E-state index contributed by atoms with van der Waals surface area (Å²) in [6, 6.07) is 1.97. The van der Waals surface area contributed by atoms with E-state index in [0.29, 0.717) is 23.7 Å². The van der Waals surface area contributed by atoms with Gasteiger partial charge in [-0.1, -0.05) is 6.92 Å². The molecule has 0 radical (unpaired) electrons. The van der Waals surface area contributed by atoms with Crippen LogP contribution in [-0.4, -0.2) is 32.2 Å². The zero-order valence-corrected chi connectivity index (χ0v) is 11.9. The van der Waals surface area contributed by atoms with Crippen molar-refractivity contribution in [2.24, 2.45) is 0 Å².